The van der Waals surface area contributed by atoms with Crippen LogP contribution in [-0.2, 0) is 18.9 Å². The van der Waals surface area contributed by atoms with E-state index in [1.807, 2.05) is 0 Å². The molecule has 0 N–H and O–H groups in total. The van der Waals surface area contributed by atoms with Gasteiger partial charge in [-0.25, -0.2) is 0 Å². The maximum atomic E-state index is 5.17. The van der Waals surface area contributed by atoms with E-state index in [0.717, 1.165) is 6.42 Å². The Morgan fingerprint density at radius 3 is 1.64 bits per heavy atom. The first kappa shape index (κ1) is 7.49. The van der Waals surface area contributed by atoms with Crippen molar-refractivity contribution in [1.29, 1.82) is 0 Å². The van der Waals surface area contributed by atoms with Gasteiger partial charge in [0.05, 0.1) is 26.4 Å². The van der Waals surface area contributed by atoms with Crippen molar-refractivity contribution in [3.05, 3.63) is 12.6 Å². The van der Waals surface area contributed by atoms with Crippen molar-refractivity contribution < 1.29 is 18.9 Å². The highest BCUT2D eigenvalue weighted by Crippen LogP contribution is 2.28. The van der Waals surface area contributed by atoms with E-state index in [4.69, 9.17) is 18.9 Å². The monoisotopic (exact) mass is 158 g/mol. The van der Waals surface area contributed by atoms with Crippen molar-refractivity contribution in [2.75, 3.05) is 26.4 Å². The summed E-state index contributed by atoms with van der Waals surface area (Å²) in [4.78, 5) is 0. The number of hydrogen-bond donors (Lipinski definition) is 0. The van der Waals surface area contributed by atoms with Gasteiger partial charge in [-0.15, -0.1) is 0 Å². The SMILES string of the molecule is C1CO[C]([C]2OCCO2)OC1. The van der Waals surface area contributed by atoms with E-state index in [0.29, 0.717) is 39.0 Å². The van der Waals surface area contributed by atoms with Gasteiger partial charge in [0.2, 0.25) is 0 Å². The first-order chi connectivity index (χ1) is 5.47. The minimum Gasteiger partial charge on any atom is -0.341 e. The second kappa shape index (κ2) is 3.49. The van der Waals surface area contributed by atoms with Gasteiger partial charge >= 0.3 is 0 Å². The molecule has 0 aromatic carbocycles. The van der Waals surface area contributed by atoms with Crippen LogP contribution in [0.2, 0.25) is 0 Å². The molecule has 4 nitrogen and oxygen atoms in total. The summed E-state index contributed by atoms with van der Waals surface area (Å²) in [6.07, 6.45) is 1.75. The maximum absolute atomic E-state index is 5.17. The molecular formula is C7H10O4. The summed E-state index contributed by atoms with van der Waals surface area (Å²) >= 11 is 0. The zero-order chi connectivity index (χ0) is 7.52. The molecule has 0 aliphatic carbocycles. The van der Waals surface area contributed by atoms with Crippen molar-refractivity contribution in [2.45, 2.75) is 6.42 Å². The fourth-order valence-electron chi connectivity index (χ4n) is 0.976. The van der Waals surface area contributed by atoms with Crippen LogP contribution in [0.4, 0.5) is 0 Å². The molecule has 2 fully saturated rings. The summed E-state index contributed by atoms with van der Waals surface area (Å²) in [5, 5.41) is 0. The Morgan fingerprint density at radius 1 is 0.636 bits per heavy atom. The largest absolute Gasteiger partial charge is 0.341 e. The van der Waals surface area contributed by atoms with Crippen LogP contribution in [0.5, 0.6) is 0 Å². The van der Waals surface area contributed by atoms with Crippen molar-refractivity contribution >= 4 is 0 Å². The van der Waals surface area contributed by atoms with Gasteiger partial charge in [-0.05, 0) is 6.42 Å². The minimum atomic E-state index is 0.407. The molecule has 0 atom stereocenters. The first-order valence-corrected chi connectivity index (χ1v) is 3.72. The molecule has 4 heteroatoms. The summed E-state index contributed by atoms with van der Waals surface area (Å²) in [6.45, 7) is 2.55. The Hall–Kier alpha value is -0.160. The second-order valence-corrected chi connectivity index (χ2v) is 2.32. The van der Waals surface area contributed by atoms with Crippen molar-refractivity contribution in [3.63, 3.8) is 0 Å². The number of rotatable bonds is 1. The lowest BCUT2D eigenvalue weighted by molar-refractivity contribution is -0.142. The Morgan fingerprint density at radius 2 is 1.09 bits per heavy atom. The third-order valence-corrected chi connectivity index (χ3v) is 1.47. The van der Waals surface area contributed by atoms with Crippen LogP contribution in [-0.4, -0.2) is 26.4 Å². The zero-order valence-corrected chi connectivity index (χ0v) is 6.17. The minimum absolute atomic E-state index is 0.407. The van der Waals surface area contributed by atoms with Gasteiger partial charge in [0.25, 0.3) is 12.6 Å². The standard InChI is InChI=1S/C7H10O4/c1-2-8-6(9-3-1)7-10-4-5-11-7/h1-5H2. The molecule has 0 aromatic rings. The summed E-state index contributed by atoms with van der Waals surface area (Å²) < 4.78 is 20.5. The summed E-state index contributed by atoms with van der Waals surface area (Å²) in [7, 11) is 0. The van der Waals surface area contributed by atoms with Crippen molar-refractivity contribution in [3.8, 4) is 0 Å². The summed E-state index contributed by atoms with van der Waals surface area (Å²) in [5.74, 6) is 0. The van der Waals surface area contributed by atoms with E-state index >= 15 is 0 Å². The van der Waals surface area contributed by atoms with Gasteiger partial charge in [0.15, 0.2) is 0 Å². The third-order valence-electron chi connectivity index (χ3n) is 1.47. The van der Waals surface area contributed by atoms with Gasteiger partial charge in [0, 0.05) is 0 Å². The van der Waals surface area contributed by atoms with Crippen molar-refractivity contribution in [1.82, 2.24) is 0 Å². The molecular weight excluding hydrogens is 148 g/mol. The highest BCUT2D eigenvalue weighted by molar-refractivity contribution is 4.91. The number of ether oxygens (including phenoxy) is 4. The lowest BCUT2D eigenvalue weighted by Crippen LogP contribution is -2.24. The average Bonchev–Trinajstić information content (AvgIpc) is 2.58. The molecule has 0 unspecified atom stereocenters. The van der Waals surface area contributed by atoms with Crippen LogP contribution < -0.4 is 0 Å². The molecule has 62 valence electrons. The van der Waals surface area contributed by atoms with Gasteiger partial charge in [-0.3, -0.25) is 0 Å². The molecule has 2 heterocycles. The van der Waals surface area contributed by atoms with E-state index in [1.165, 1.54) is 0 Å². The average molecular weight is 158 g/mol. The van der Waals surface area contributed by atoms with Crippen LogP contribution in [0.1, 0.15) is 6.42 Å². The van der Waals surface area contributed by atoms with Crippen LogP contribution in [0.25, 0.3) is 0 Å². The number of hydrogen-bond acceptors (Lipinski definition) is 4. The smallest absolute Gasteiger partial charge is 0.292 e. The molecule has 2 aliphatic heterocycles. The van der Waals surface area contributed by atoms with Crippen LogP contribution in [0.3, 0.4) is 0 Å². The molecule has 0 amide bonds. The zero-order valence-electron chi connectivity index (χ0n) is 6.17. The fourth-order valence-corrected chi connectivity index (χ4v) is 0.976. The van der Waals surface area contributed by atoms with Gasteiger partial charge in [-0.2, -0.15) is 0 Å². The van der Waals surface area contributed by atoms with E-state index in [1.54, 1.807) is 0 Å². The molecule has 2 radical (unpaired) electrons. The molecule has 0 bridgehead atoms. The molecule has 11 heavy (non-hydrogen) atoms. The van der Waals surface area contributed by atoms with E-state index in [-0.39, 0.29) is 0 Å². The highest BCUT2D eigenvalue weighted by Gasteiger charge is 2.34. The Labute approximate surface area is 65.4 Å². The summed E-state index contributed by atoms with van der Waals surface area (Å²) in [6, 6.07) is 0. The fraction of sp³-hybridized carbons (Fsp3) is 0.714. The molecule has 0 aromatic heterocycles. The molecule has 2 saturated heterocycles. The second-order valence-electron chi connectivity index (χ2n) is 2.32. The van der Waals surface area contributed by atoms with E-state index in [9.17, 15) is 0 Å². The normalized spacial score (nSPS) is 29.5. The predicted molar refractivity (Wildman–Crippen MR) is 34.9 cm³/mol. The third kappa shape index (κ3) is 1.70. The Balaban J connectivity index is 1.82. The van der Waals surface area contributed by atoms with Crippen LogP contribution in [0, 0.1) is 12.6 Å². The quantitative estimate of drug-likeness (QED) is 0.555. The van der Waals surface area contributed by atoms with Gasteiger partial charge in [0.1, 0.15) is 0 Å². The molecule has 0 saturated carbocycles. The molecule has 2 aliphatic rings. The lowest BCUT2D eigenvalue weighted by Gasteiger charge is -2.23. The van der Waals surface area contributed by atoms with E-state index in [2.05, 4.69) is 0 Å². The topological polar surface area (TPSA) is 36.9 Å². The van der Waals surface area contributed by atoms with Crippen molar-refractivity contribution in [2.24, 2.45) is 0 Å². The van der Waals surface area contributed by atoms with Gasteiger partial charge in [-0.1, -0.05) is 0 Å². The Kier molecular flexibility index (Phi) is 2.38. The van der Waals surface area contributed by atoms with Crippen LogP contribution >= 0.6 is 0 Å². The summed E-state index contributed by atoms with van der Waals surface area (Å²) in [5.41, 5.74) is 0. The first-order valence-electron chi connectivity index (χ1n) is 3.72. The predicted octanol–water partition coefficient (Wildman–Crippen LogP) is 0.449. The van der Waals surface area contributed by atoms with E-state index < -0.39 is 0 Å². The van der Waals surface area contributed by atoms with Gasteiger partial charge < -0.3 is 18.9 Å². The molecule has 0 spiro atoms. The lowest BCUT2D eigenvalue weighted by atomic mass is 10.4. The molecule has 2 rings (SSSR count). The maximum Gasteiger partial charge on any atom is 0.292 e. The Bertz CT molecular complexity index is 116. The highest BCUT2D eigenvalue weighted by atomic mass is 16.8. The van der Waals surface area contributed by atoms with Crippen LogP contribution in [0.15, 0.2) is 0 Å².